The highest BCUT2D eigenvalue weighted by Gasteiger charge is 2.19. The van der Waals surface area contributed by atoms with Crippen LogP contribution in [0.2, 0.25) is 0 Å². The van der Waals surface area contributed by atoms with Crippen LogP contribution < -0.4 is 10.6 Å². The maximum absolute atomic E-state index is 12.7. The van der Waals surface area contributed by atoms with Crippen molar-refractivity contribution in [3.05, 3.63) is 48.0 Å². The predicted molar refractivity (Wildman–Crippen MR) is 103 cm³/mol. The van der Waals surface area contributed by atoms with Crippen molar-refractivity contribution in [2.24, 2.45) is 0 Å². The van der Waals surface area contributed by atoms with E-state index in [1.54, 1.807) is 6.07 Å². The van der Waals surface area contributed by atoms with Gasteiger partial charge in [-0.15, -0.1) is 0 Å². The number of carbonyl (C=O) groups is 2. The Balaban J connectivity index is 1.60. The van der Waals surface area contributed by atoms with E-state index in [1.807, 2.05) is 41.3 Å². The van der Waals surface area contributed by atoms with Gasteiger partial charge in [-0.1, -0.05) is 5.16 Å². The third kappa shape index (κ3) is 3.54. The molecule has 0 saturated carbocycles. The molecule has 1 aliphatic rings. The summed E-state index contributed by atoms with van der Waals surface area (Å²) in [5, 5.41) is 10.9. The fourth-order valence-electron chi connectivity index (χ4n) is 3.24. The number of aromatic nitrogens is 1. The lowest BCUT2D eigenvalue weighted by Crippen LogP contribution is -2.46. The zero-order valence-corrected chi connectivity index (χ0v) is 15.0. The Labute approximate surface area is 156 Å². The second-order valence-electron chi connectivity index (χ2n) is 6.54. The number of piperazine rings is 1. The first kappa shape index (κ1) is 17.2. The summed E-state index contributed by atoms with van der Waals surface area (Å²) in [7, 11) is 0. The Morgan fingerprint density at radius 1 is 1.11 bits per heavy atom. The highest BCUT2D eigenvalue weighted by molar-refractivity contribution is 6.00. The van der Waals surface area contributed by atoms with Crippen LogP contribution >= 0.6 is 0 Å². The molecule has 2 N–H and O–H groups in total. The Kier molecular flexibility index (Phi) is 4.60. The van der Waals surface area contributed by atoms with Gasteiger partial charge in [0.2, 0.25) is 5.91 Å². The van der Waals surface area contributed by atoms with Crippen LogP contribution in [0.25, 0.3) is 22.2 Å². The topological polar surface area (TPSA) is 87.5 Å². The number of hydrogen-bond donors (Lipinski definition) is 2. The number of hydrogen-bond acceptors (Lipinski definition) is 5. The molecule has 0 aliphatic carbocycles. The molecule has 7 nitrogen and oxygen atoms in total. The third-order valence-corrected chi connectivity index (χ3v) is 4.60. The zero-order valence-electron chi connectivity index (χ0n) is 15.0. The summed E-state index contributed by atoms with van der Waals surface area (Å²) in [4.78, 5) is 25.6. The molecule has 2 amide bonds. The molecule has 0 bridgehead atoms. The maximum atomic E-state index is 12.7. The van der Waals surface area contributed by atoms with E-state index in [2.05, 4.69) is 15.8 Å². The van der Waals surface area contributed by atoms with Crippen molar-refractivity contribution >= 4 is 28.4 Å². The Morgan fingerprint density at radius 2 is 1.85 bits per heavy atom. The lowest BCUT2D eigenvalue weighted by atomic mass is 10.1. The summed E-state index contributed by atoms with van der Waals surface area (Å²) in [5.74, 6) is 0.540. The standard InChI is InChI=1S/C20H20N4O3/c1-13(25)22-16-5-2-14(3-6-16)19-17-7-4-15(12-18(17)23-27-19)20(26)24-10-8-21-9-11-24/h2-7,12,21H,8-11H2,1H3,(H,22,25). The minimum Gasteiger partial charge on any atom is -0.355 e. The number of amides is 2. The molecule has 138 valence electrons. The Bertz CT molecular complexity index is 988. The zero-order chi connectivity index (χ0) is 18.8. The number of fused-ring (bicyclic) bond motifs is 1. The third-order valence-electron chi connectivity index (χ3n) is 4.60. The van der Waals surface area contributed by atoms with Gasteiger partial charge >= 0.3 is 0 Å². The van der Waals surface area contributed by atoms with Crippen molar-refractivity contribution in [3.8, 4) is 11.3 Å². The van der Waals surface area contributed by atoms with Crippen LogP contribution in [0.3, 0.4) is 0 Å². The minimum absolute atomic E-state index is 0.0163. The lowest BCUT2D eigenvalue weighted by molar-refractivity contribution is -0.114. The smallest absolute Gasteiger partial charge is 0.254 e. The molecule has 0 spiro atoms. The molecule has 2 heterocycles. The highest BCUT2D eigenvalue weighted by Crippen LogP contribution is 2.30. The molecule has 1 saturated heterocycles. The van der Waals surface area contributed by atoms with Crippen molar-refractivity contribution in [1.82, 2.24) is 15.4 Å². The summed E-state index contributed by atoms with van der Waals surface area (Å²) in [6, 6.07) is 12.8. The molecule has 0 atom stereocenters. The average molecular weight is 364 g/mol. The van der Waals surface area contributed by atoms with E-state index in [0.717, 1.165) is 29.7 Å². The SMILES string of the molecule is CC(=O)Nc1ccc(-c2onc3cc(C(=O)N4CCNCC4)ccc23)cc1. The first-order chi connectivity index (χ1) is 13.1. The second-order valence-corrected chi connectivity index (χ2v) is 6.54. The summed E-state index contributed by atoms with van der Waals surface area (Å²) in [6.45, 7) is 4.52. The van der Waals surface area contributed by atoms with Gasteiger partial charge in [0.15, 0.2) is 5.76 Å². The number of anilines is 1. The summed E-state index contributed by atoms with van der Waals surface area (Å²) in [6.07, 6.45) is 0. The molecule has 0 unspecified atom stereocenters. The van der Waals surface area contributed by atoms with Crippen LogP contribution in [0.5, 0.6) is 0 Å². The molecular weight excluding hydrogens is 344 g/mol. The van der Waals surface area contributed by atoms with Crippen LogP contribution in [-0.2, 0) is 4.79 Å². The van der Waals surface area contributed by atoms with Gasteiger partial charge in [-0.2, -0.15) is 0 Å². The van der Waals surface area contributed by atoms with Crippen LogP contribution in [0.15, 0.2) is 47.0 Å². The number of nitrogens with one attached hydrogen (secondary N) is 2. The highest BCUT2D eigenvalue weighted by atomic mass is 16.5. The fraction of sp³-hybridized carbons (Fsp3) is 0.250. The fourth-order valence-corrected chi connectivity index (χ4v) is 3.24. The molecule has 1 aliphatic heterocycles. The van der Waals surface area contributed by atoms with Crippen molar-refractivity contribution < 1.29 is 14.1 Å². The minimum atomic E-state index is -0.116. The first-order valence-corrected chi connectivity index (χ1v) is 8.89. The number of carbonyl (C=O) groups excluding carboxylic acids is 2. The Hall–Kier alpha value is -3.19. The maximum Gasteiger partial charge on any atom is 0.254 e. The van der Waals surface area contributed by atoms with E-state index >= 15 is 0 Å². The number of rotatable bonds is 3. The van der Waals surface area contributed by atoms with E-state index < -0.39 is 0 Å². The van der Waals surface area contributed by atoms with Gasteiger partial charge in [0, 0.05) is 55.3 Å². The lowest BCUT2D eigenvalue weighted by Gasteiger charge is -2.27. The van der Waals surface area contributed by atoms with E-state index in [-0.39, 0.29) is 11.8 Å². The number of benzene rings is 2. The molecular formula is C20H20N4O3. The Morgan fingerprint density at radius 3 is 2.56 bits per heavy atom. The molecule has 7 heteroatoms. The van der Waals surface area contributed by atoms with E-state index in [0.29, 0.717) is 29.9 Å². The van der Waals surface area contributed by atoms with Gasteiger partial charge in [-0.3, -0.25) is 9.59 Å². The van der Waals surface area contributed by atoms with E-state index in [1.165, 1.54) is 6.92 Å². The predicted octanol–water partition coefficient (Wildman–Crippen LogP) is 2.50. The molecule has 1 fully saturated rings. The molecule has 1 aromatic heterocycles. The summed E-state index contributed by atoms with van der Waals surface area (Å²) in [5.41, 5.74) is 2.84. The van der Waals surface area contributed by atoms with Gasteiger partial charge in [0.05, 0.1) is 0 Å². The molecule has 4 rings (SSSR count). The van der Waals surface area contributed by atoms with Gasteiger partial charge < -0.3 is 20.1 Å². The van der Waals surface area contributed by atoms with Gasteiger partial charge in [-0.25, -0.2) is 0 Å². The average Bonchev–Trinajstić information content (AvgIpc) is 3.11. The van der Waals surface area contributed by atoms with Gasteiger partial charge in [-0.05, 0) is 42.5 Å². The largest absolute Gasteiger partial charge is 0.355 e. The van der Waals surface area contributed by atoms with Crippen molar-refractivity contribution in [2.75, 3.05) is 31.5 Å². The van der Waals surface area contributed by atoms with Crippen molar-refractivity contribution in [1.29, 1.82) is 0 Å². The van der Waals surface area contributed by atoms with Crippen LogP contribution in [0.1, 0.15) is 17.3 Å². The van der Waals surface area contributed by atoms with Crippen LogP contribution in [-0.4, -0.2) is 48.0 Å². The molecule has 2 aromatic carbocycles. The van der Waals surface area contributed by atoms with Crippen molar-refractivity contribution in [3.63, 3.8) is 0 Å². The van der Waals surface area contributed by atoms with Crippen LogP contribution in [0.4, 0.5) is 5.69 Å². The quantitative estimate of drug-likeness (QED) is 0.746. The normalized spacial score (nSPS) is 14.3. The molecule has 0 radical (unpaired) electrons. The second kappa shape index (κ2) is 7.20. The summed E-state index contributed by atoms with van der Waals surface area (Å²) >= 11 is 0. The summed E-state index contributed by atoms with van der Waals surface area (Å²) < 4.78 is 5.53. The monoisotopic (exact) mass is 364 g/mol. The molecule has 3 aromatic rings. The number of nitrogens with zero attached hydrogens (tertiary/aromatic N) is 2. The van der Waals surface area contributed by atoms with E-state index in [4.69, 9.17) is 4.52 Å². The van der Waals surface area contributed by atoms with Gasteiger partial charge in [0.1, 0.15) is 5.52 Å². The molecule has 27 heavy (non-hydrogen) atoms. The van der Waals surface area contributed by atoms with Gasteiger partial charge in [0.25, 0.3) is 5.91 Å². The van der Waals surface area contributed by atoms with Crippen LogP contribution in [0, 0.1) is 0 Å². The van der Waals surface area contributed by atoms with Crippen molar-refractivity contribution in [2.45, 2.75) is 6.92 Å². The first-order valence-electron chi connectivity index (χ1n) is 8.89. The van der Waals surface area contributed by atoms with E-state index in [9.17, 15) is 9.59 Å².